The van der Waals surface area contributed by atoms with Crippen molar-refractivity contribution in [3.63, 3.8) is 0 Å². The van der Waals surface area contributed by atoms with Gasteiger partial charge in [-0.15, -0.1) is 69.1 Å². The molecule has 0 saturated heterocycles. The number of halogens is 2. The number of fused-ring (bicyclic) bond motifs is 2. The van der Waals surface area contributed by atoms with Crippen LogP contribution in [0.15, 0.2) is 121 Å². The third-order valence-electron chi connectivity index (χ3n) is 6.86. The maximum absolute atomic E-state index is 2.27. The van der Waals surface area contributed by atoms with Gasteiger partial charge in [0, 0.05) is 0 Å². The average Bonchev–Trinajstić information content (AvgIpc) is 3.54. The minimum absolute atomic E-state index is 0. The van der Waals surface area contributed by atoms with Crippen molar-refractivity contribution in [3.05, 3.63) is 155 Å². The zero-order valence-corrected chi connectivity index (χ0v) is 26.8. The summed E-state index contributed by atoms with van der Waals surface area (Å²) in [6.07, 6.45) is 2.25. The molecule has 3 heteroatoms. The summed E-state index contributed by atoms with van der Waals surface area (Å²) in [6.45, 7) is 8.72. The first-order valence-corrected chi connectivity index (χ1v) is 14.3. The van der Waals surface area contributed by atoms with Gasteiger partial charge >= 0.3 is 95.6 Å². The molecule has 0 heterocycles. The van der Waals surface area contributed by atoms with Crippen molar-refractivity contribution < 1.29 is 44.8 Å². The second-order valence-electron chi connectivity index (χ2n) is 9.72. The zero-order chi connectivity index (χ0) is 26.9. The minimum atomic E-state index is 0. The normalized spacial score (nSPS) is 9.95. The van der Waals surface area contributed by atoms with Crippen LogP contribution in [0.25, 0.3) is 21.5 Å². The van der Waals surface area contributed by atoms with Gasteiger partial charge in [-0.25, -0.2) is 0 Å². The quantitative estimate of drug-likeness (QED) is 0.215. The molecule has 6 aromatic rings. The number of hydrogen-bond acceptors (Lipinski definition) is 0. The molecule has 0 saturated carbocycles. The third kappa shape index (κ3) is 8.63. The number of benzene rings is 4. The molecule has 6 rings (SSSR count). The van der Waals surface area contributed by atoms with E-state index in [1.165, 1.54) is 58.7 Å². The first-order chi connectivity index (χ1) is 18.5. The molecular weight excluding hydrogens is 563 g/mol. The molecule has 40 heavy (non-hydrogen) atoms. The summed E-state index contributed by atoms with van der Waals surface area (Å²) in [5, 5.41) is 5.62. The summed E-state index contributed by atoms with van der Waals surface area (Å²) in [7, 11) is 0. The van der Waals surface area contributed by atoms with Crippen LogP contribution in [0.1, 0.15) is 47.2 Å². The van der Waals surface area contributed by atoms with Crippen LogP contribution in [0.3, 0.4) is 0 Å². The van der Waals surface area contributed by atoms with E-state index in [-0.39, 0.29) is 24.8 Å². The Morgan fingerprint density at radius 3 is 1.27 bits per heavy atom. The third-order valence-corrected chi connectivity index (χ3v) is 7.76. The SMILES string of the molecule is CCc1cccc2[cH-]c(C)cc12.CCc1cccc2[cH-]c(C)cc12.[Cl-].[Cl-].[Ti+2]=[C](c1ccccc1)c1ccccc1. The Morgan fingerprint density at radius 1 is 0.550 bits per heavy atom. The Labute approximate surface area is 263 Å². The second kappa shape index (κ2) is 16.5. The van der Waals surface area contributed by atoms with Crippen LogP contribution < -0.4 is 24.8 Å². The number of aryl methyl sites for hydroxylation is 4. The topological polar surface area (TPSA) is 0 Å². The Kier molecular flexibility index (Phi) is 13.8. The van der Waals surface area contributed by atoms with Crippen molar-refractivity contribution in [2.75, 3.05) is 0 Å². The van der Waals surface area contributed by atoms with E-state index in [2.05, 4.69) is 157 Å². The van der Waals surface area contributed by atoms with Crippen LogP contribution >= 0.6 is 0 Å². The summed E-state index contributed by atoms with van der Waals surface area (Å²) >= 11 is 2.16. The van der Waals surface area contributed by atoms with E-state index in [1.54, 1.807) is 0 Å². The summed E-state index contributed by atoms with van der Waals surface area (Å²) < 4.78 is 1.33. The van der Waals surface area contributed by atoms with Crippen LogP contribution in [0.4, 0.5) is 0 Å². The molecule has 0 aromatic heterocycles. The van der Waals surface area contributed by atoms with Crippen LogP contribution in [0.2, 0.25) is 0 Å². The fourth-order valence-electron chi connectivity index (χ4n) is 4.89. The summed E-state index contributed by atoms with van der Waals surface area (Å²) in [5.41, 5.74) is 8.23. The standard InChI is InChI=1S/C13H10.2C12H13.2ClH.Ti/c1-3-7-12(8-4-1)11-13-9-5-2-6-10-13;2*1-3-10-5-4-6-11-7-9(2)8-12(10)11;;;/h1-10H;2*4-8H,3H2,1-2H3;2*1H;/q;2*-1;;;+2/p-2. The molecule has 0 aliphatic carbocycles. The van der Waals surface area contributed by atoms with Crippen LogP contribution in [0.5, 0.6) is 0 Å². The van der Waals surface area contributed by atoms with Crippen molar-refractivity contribution in [2.45, 2.75) is 40.5 Å². The molecule has 0 bridgehead atoms. The number of rotatable bonds is 4. The van der Waals surface area contributed by atoms with E-state index in [0.717, 1.165) is 12.8 Å². The first-order valence-electron chi connectivity index (χ1n) is 13.5. The van der Waals surface area contributed by atoms with Crippen molar-refractivity contribution in [2.24, 2.45) is 0 Å². The fraction of sp³-hybridized carbons (Fsp3) is 0.162. The van der Waals surface area contributed by atoms with Crippen molar-refractivity contribution >= 4 is 25.4 Å². The van der Waals surface area contributed by atoms with Gasteiger partial charge in [0.2, 0.25) is 0 Å². The van der Waals surface area contributed by atoms with E-state index < -0.39 is 0 Å². The maximum atomic E-state index is 2.27. The Hall–Kier alpha value is -2.74. The molecule has 6 aromatic carbocycles. The zero-order valence-electron chi connectivity index (χ0n) is 23.7. The summed E-state index contributed by atoms with van der Waals surface area (Å²) in [5.74, 6) is 0. The molecule has 0 amide bonds. The van der Waals surface area contributed by atoms with Crippen LogP contribution in [0, 0.1) is 13.8 Å². The first kappa shape index (κ1) is 33.5. The van der Waals surface area contributed by atoms with Gasteiger partial charge in [0.05, 0.1) is 0 Å². The van der Waals surface area contributed by atoms with Gasteiger partial charge in [-0.1, -0.05) is 51.0 Å². The van der Waals surface area contributed by atoms with Crippen molar-refractivity contribution in [3.8, 4) is 0 Å². The summed E-state index contributed by atoms with van der Waals surface area (Å²) in [4.78, 5) is 0. The van der Waals surface area contributed by atoms with E-state index in [4.69, 9.17) is 0 Å². The van der Waals surface area contributed by atoms with Gasteiger partial charge in [0.1, 0.15) is 0 Å². The van der Waals surface area contributed by atoms with Gasteiger partial charge in [0.25, 0.3) is 0 Å². The predicted octanol–water partition coefficient (Wildman–Crippen LogP) is 3.67. The van der Waals surface area contributed by atoms with Gasteiger partial charge < -0.3 is 24.8 Å². The molecule has 0 N–H and O–H groups in total. The average molecular weight is 599 g/mol. The monoisotopic (exact) mass is 598 g/mol. The van der Waals surface area contributed by atoms with Gasteiger partial charge in [0.15, 0.2) is 0 Å². The summed E-state index contributed by atoms with van der Waals surface area (Å²) in [6, 6.07) is 43.0. The van der Waals surface area contributed by atoms with Gasteiger partial charge in [-0.05, 0) is 12.8 Å². The van der Waals surface area contributed by atoms with Crippen molar-refractivity contribution in [1.29, 1.82) is 0 Å². The molecule has 0 aliphatic heterocycles. The van der Waals surface area contributed by atoms with E-state index in [9.17, 15) is 0 Å². The molecule has 0 fully saturated rings. The Bertz CT molecular complexity index is 1490. The molecule has 0 aliphatic rings. The molecule has 0 spiro atoms. The number of hydrogen-bond donors (Lipinski definition) is 0. The predicted molar refractivity (Wildman–Crippen MR) is 163 cm³/mol. The Balaban J connectivity index is 0.000000206. The van der Waals surface area contributed by atoms with Crippen LogP contribution in [-0.4, -0.2) is 3.81 Å². The second-order valence-corrected chi connectivity index (χ2v) is 10.5. The van der Waals surface area contributed by atoms with Crippen molar-refractivity contribution in [1.82, 2.24) is 0 Å². The fourth-order valence-corrected chi connectivity index (χ4v) is 5.41. The van der Waals surface area contributed by atoms with Crippen LogP contribution in [-0.2, 0) is 32.8 Å². The van der Waals surface area contributed by atoms with E-state index >= 15 is 0 Å². The van der Waals surface area contributed by atoms with E-state index in [1.807, 2.05) is 12.1 Å². The Morgan fingerprint density at radius 2 is 0.925 bits per heavy atom. The molecular formula is C37H36Cl2Ti-2. The van der Waals surface area contributed by atoms with E-state index in [0.29, 0.717) is 0 Å². The molecule has 0 radical (unpaired) electrons. The molecule has 0 nitrogen and oxygen atoms in total. The molecule has 0 unspecified atom stereocenters. The van der Waals surface area contributed by atoms with Gasteiger partial charge in [-0.2, -0.15) is 12.1 Å². The molecule has 0 atom stereocenters. The molecule has 204 valence electrons. The van der Waals surface area contributed by atoms with Gasteiger partial charge in [-0.3, -0.25) is 0 Å².